The third kappa shape index (κ3) is 9.55. The Balaban J connectivity index is 1.93. The average molecular weight is 519 g/mol. The number of hydrogen-bond acceptors (Lipinski definition) is 9. The van der Waals surface area contributed by atoms with Crippen LogP contribution >= 0.6 is 0 Å². The van der Waals surface area contributed by atoms with Gasteiger partial charge in [0.2, 0.25) is 0 Å². The molecule has 0 saturated heterocycles. The molecule has 0 aliphatic carbocycles. The minimum atomic E-state index is -4.03. The molecule has 0 atom stereocenters. The highest BCUT2D eigenvalue weighted by Crippen LogP contribution is 2.30. The second-order valence-electron chi connectivity index (χ2n) is 7.37. The maximum absolute atomic E-state index is 12.7. The summed E-state index contributed by atoms with van der Waals surface area (Å²) in [5.74, 6) is -1.65. The van der Waals surface area contributed by atoms with Crippen molar-refractivity contribution in [3.63, 3.8) is 0 Å². The number of phenols is 2. The zero-order chi connectivity index (χ0) is 25.4. The SMILES string of the molecule is O=C(c1ccc(OCCCCS(=O)(=O)O)cc1O)c1ccc(OCCCCS(=O)(=O)O)cc1O. The van der Waals surface area contributed by atoms with Gasteiger partial charge in [-0.3, -0.25) is 13.9 Å². The van der Waals surface area contributed by atoms with Gasteiger partial charge in [-0.05, 0) is 49.9 Å². The molecular weight excluding hydrogens is 492 g/mol. The van der Waals surface area contributed by atoms with E-state index in [0.717, 1.165) is 0 Å². The summed E-state index contributed by atoms with van der Waals surface area (Å²) < 4.78 is 70.8. The third-order valence-electron chi connectivity index (χ3n) is 4.56. The Kier molecular flexibility index (Phi) is 9.67. The van der Waals surface area contributed by atoms with Crippen molar-refractivity contribution in [2.75, 3.05) is 24.7 Å². The normalized spacial score (nSPS) is 11.8. The van der Waals surface area contributed by atoms with Gasteiger partial charge in [-0.2, -0.15) is 16.8 Å². The molecule has 4 N–H and O–H groups in total. The number of unbranched alkanes of at least 4 members (excludes halogenated alkanes) is 2. The second-order valence-corrected chi connectivity index (χ2v) is 10.5. The van der Waals surface area contributed by atoms with Gasteiger partial charge >= 0.3 is 0 Å². The molecule has 0 spiro atoms. The molecule has 0 fully saturated rings. The first-order valence-corrected chi connectivity index (χ1v) is 13.4. The molecule has 0 aromatic heterocycles. The Morgan fingerprint density at radius 3 is 1.38 bits per heavy atom. The fourth-order valence-electron chi connectivity index (χ4n) is 2.88. The molecule has 13 heteroatoms. The average Bonchev–Trinajstić information content (AvgIpc) is 2.71. The van der Waals surface area contributed by atoms with Gasteiger partial charge < -0.3 is 19.7 Å². The van der Waals surface area contributed by atoms with Crippen LogP contribution in [-0.2, 0) is 20.2 Å². The van der Waals surface area contributed by atoms with Crippen molar-refractivity contribution >= 4 is 26.0 Å². The van der Waals surface area contributed by atoms with Crippen molar-refractivity contribution in [1.82, 2.24) is 0 Å². The minimum absolute atomic E-state index is 0.0760. The lowest BCUT2D eigenvalue weighted by Crippen LogP contribution is -2.07. The highest BCUT2D eigenvalue weighted by atomic mass is 32.2. The number of carbonyl (C=O) groups excluding carboxylic acids is 1. The van der Waals surface area contributed by atoms with Crippen molar-refractivity contribution < 1.29 is 50.4 Å². The molecule has 0 unspecified atom stereocenters. The number of ether oxygens (including phenoxy) is 2. The summed E-state index contributed by atoms with van der Waals surface area (Å²) in [7, 11) is -8.05. The van der Waals surface area contributed by atoms with Gasteiger partial charge in [-0.25, -0.2) is 0 Å². The zero-order valence-electron chi connectivity index (χ0n) is 18.1. The lowest BCUT2D eigenvalue weighted by atomic mass is 10.0. The summed E-state index contributed by atoms with van der Waals surface area (Å²) in [6.07, 6.45) is 1.10. The van der Waals surface area contributed by atoms with Crippen molar-refractivity contribution in [3.05, 3.63) is 47.5 Å². The van der Waals surface area contributed by atoms with Crippen LogP contribution in [0.1, 0.15) is 41.6 Å². The first-order chi connectivity index (χ1) is 15.9. The topological polar surface area (TPSA) is 185 Å². The van der Waals surface area contributed by atoms with E-state index in [2.05, 4.69) is 0 Å². The number of rotatable bonds is 14. The van der Waals surface area contributed by atoms with E-state index in [-0.39, 0.29) is 71.7 Å². The number of phenolic OH excluding ortho intramolecular Hbond substituents is 2. The predicted octanol–water partition coefficient (Wildman–Crippen LogP) is 2.42. The van der Waals surface area contributed by atoms with Gasteiger partial charge in [0.05, 0.1) is 35.8 Å². The van der Waals surface area contributed by atoms with Crippen molar-refractivity contribution in [3.8, 4) is 23.0 Å². The quantitative estimate of drug-likeness (QED) is 0.163. The van der Waals surface area contributed by atoms with Crippen LogP contribution in [0.3, 0.4) is 0 Å². The van der Waals surface area contributed by atoms with E-state index >= 15 is 0 Å². The maximum atomic E-state index is 12.7. The third-order valence-corrected chi connectivity index (χ3v) is 6.17. The standard InChI is InChI=1S/C21H26O11S2/c22-19-13-15(31-9-1-3-11-33(25,26)27)5-7-17(19)21(24)18-8-6-16(14-20(18)23)32-10-2-4-12-34(28,29)30/h5-8,13-14,22-23H,1-4,9-12H2,(H,25,26,27)(H,28,29,30). The van der Waals surface area contributed by atoms with Crippen LogP contribution in [0.5, 0.6) is 23.0 Å². The summed E-state index contributed by atoms with van der Waals surface area (Å²) in [5, 5.41) is 20.4. The van der Waals surface area contributed by atoms with Crippen LogP contribution in [0.4, 0.5) is 0 Å². The van der Waals surface area contributed by atoms with E-state index in [1.54, 1.807) is 0 Å². The maximum Gasteiger partial charge on any atom is 0.264 e. The minimum Gasteiger partial charge on any atom is -0.507 e. The lowest BCUT2D eigenvalue weighted by molar-refractivity contribution is 0.103. The number of ketones is 1. The van der Waals surface area contributed by atoms with Gasteiger partial charge in [0, 0.05) is 12.1 Å². The Labute approximate surface area is 197 Å². The molecule has 0 radical (unpaired) electrons. The van der Waals surface area contributed by atoms with Crippen molar-refractivity contribution in [2.24, 2.45) is 0 Å². The molecule has 0 aliphatic heterocycles. The Hall–Kier alpha value is -2.87. The van der Waals surface area contributed by atoms with E-state index in [0.29, 0.717) is 12.8 Å². The van der Waals surface area contributed by atoms with E-state index in [1.165, 1.54) is 36.4 Å². The van der Waals surface area contributed by atoms with Gasteiger partial charge in [0.15, 0.2) is 5.78 Å². The van der Waals surface area contributed by atoms with Crippen LogP contribution in [-0.4, -0.2) is 66.7 Å². The fraction of sp³-hybridized carbons (Fsp3) is 0.381. The predicted molar refractivity (Wildman–Crippen MR) is 122 cm³/mol. The van der Waals surface area contributed by atoms with Crippen molar-refractivity contribution in [1.29, 1.82) is 0 Å². The first-order valence-electron chi connectivity index (χ1n) is 10.2. The number of carbonyl (C=O) groups is 1. The van der Waals surface area contributed by atoms with Crippen LogP contribution in [0.15, 0.2) is 36.4 Å². The smallest absolute Gasteiger partial charge is 0.264 e. The number of aromatic hydroxyl groups is 2. The van der Waals surface area contributed by atoms with Gasteiger partial charge in [-0.15, -0.1) is 0 Å². The molecule has 2 aromatic carbocycles. The number of hydrogen-bond donors (Lipinski definition) is 4. The van der Waals surface area contributed by atoms with Crippen LogP contribution in [0.25, 0.3) is 0 Å². The first kappa shape index (κ1) is 27.4. The van der Waals surface area contributed by atoms with Crippen LogP contribution in [0, 0.1) is 0 Å². The molecule has 2 aromatic rings. The van der Waals surface area contributed by atoms with Crippen molar-refractivity contribution in [2.45, 2.75) is 25.7 Å². The summed E-state index contributed by atoms with van der Waals surface area (Å²) >= 11 is 0. The fourth-order valence-corrected chi connectivity index (χ4v) is 4.02. The summed E-state index contributed by atoms with van der Waals surface area (Å²) in [5.41, 5.74) is -0.152. The van der Waals surface area contributed by atoms with Gasteiger partial charge in [0.25, 0.3) is 20.2 Å². The second kappa shape index (κ2) is 12.0. The molecule has 0 heterocycles. The molecule has 188 valence electrons. The van der Waals surface area contributed by atoms with E-state index in [9.17, 15) is 31.8 Å². The van der Waals surface area contributed by atoms with Crippen LogP contribution in [0.2, 0.25) is 0 Å². The monoisotopic (exact) mass is 518 g/mol. The van der Waals surface area contributed by atoms with Gasteiger partial charge in [-0.1, -0.05) is 0 Å². The molecule has 0 amide bonds. The highest BCUT2D eigenvalue weighted by Gasteiger charge is 2.18. The highest BCUT2D eigenvalue weighted by molar-refractivity contribution is 7.86. The Bertz CT molecular complexity index is 1110. The molecule has 34 heavy (non-hydrogen) atoms. The molecule has 2 rings (SSSR count). The molecule has 0 saturated carbocycles. The summed E-state index contributed by atoms with van der Waals surface area (Å²) in [6, 6.07) is 7.97. The van der Waals surface area contributed by atoms with Gasteiger partial charge in [0.1, 0.15) is 23.0 Å². The van der Waals surface area contributed by atoms with E-state index < -0.39 is 26.0 Å². The lowest BCUT2D eigenvalue weighted by Gasteiger charge is -2.11. The van der Waals surface area contributed by atoms with E-state index in [4.69, 9.17) is 18.6 Å². The Morgan fingerprint density at radius 1 is 0.676 bits per heavy atom. The largest absolute Gasteiger partial charge is 0.507 e. The molecule has 0 aliphatic rings. The zero-order valence-corrected chi connectivity index (χ0v) is 19.7. The van der Waals surface area contributed by atoms with E-state index in [1.807, 2.05) is 0 Å². The molecule has 0 bridgehead atoms. The summed E-state index contributed by atoms with van der Waals surface area (Å²) in [4.78, 5) is 12.7. The number of benzene rings is 2. The molecular formula is C21H26O11S2. The van der Waals surface area contributed by atoms with Crippen LogP contribution < -0.4 is 9.47 Å². The Morgan fingerprint density at radius 2 is 1.06 bits per heavy atom. The summed E-state index contributed by atoms with van der Waals surface area (Å²) in [6.45, 7) is 0.278. The molecule has 11 nitrogen and oxygen atoms in total.